The SMILES string of the molecule is CCS(=N)(=O)CC1(O)CCN(c2ncnc3c(OC)cccc23)CC1. The lowest BCUT2D eigenvalue weighted by atomic mass is 9.93. The molecule has 1 fully saturated rings. The van der Waals surface area contributed by atoms with Crippen molar-refractivity contribution in [2.75, 3.05) is 36.6 Å². The normalized spacial score (nSPS) is 19.6. The van der Waals surface area contributed by atoms with Crippen LogP contribution >= 0.6 is 0 Å². The van der Waals surface area contributed by atoms with Crippen LogP contribution in [0.4, 0.5) is 5.82 Å². The molecular weight excluding hydrogens is 340 g/mol. The molecule has 1 aliphatic heterocycles. The lowest BCUT2D eigenvalue weighted by Gasteiger charge is -2.39. The zero-order valence-corrected chi connectivity index (χ0v) is 15.4. The Hall–Kier alpha value is -1.93. The van der Waals surface area contributed by atoms with Crippen LogP contribution in [0, 0.1) is 4.78 Å². The quantitative estimate of drug-likeness (QED) is 0.842. The fourth-order valence-electron chi connectivity index (χ4n) is 3.28. The second kappa shape index (κ2) is 6.76. The number of anilines is 1. The lowest BCUT2D eigenvalue weighted by molar-refractivity contribution is 0.0388. The molecule has 0 aliphatic carbocycles. The van der Waals surface area contributed by atoms with Crippen LogP contribution in [0.5, 0.6) is 5.75 Å². The number of nitrogens with zero attached hydrogens (tertiary/aromatic N) is 3. The number of benzene rings is 1. The number of aliphatic hydroxyl groups is 1. The molecule has 2 heterocycles. The van der Waals surface area contributed by atoms with Crippen molar-refractivity contribution < 1.29 is 14.1 Å². The van der Waals surface area contributed by atoms with Crippen LogP contribution in [0.2, 0.25) is 0 Å². The van der Waals surface area contributed by atoms with E-state index in [1.165, 1.54) is 6.33 Å². The molecule has 1 aliphatic rings. The molecule has 0 saturated carbocycles. The largest absolute Gasteiger partial charge is 0.494 e. The van der Waals surface area contributed by atoms with Gasteiger partial charge in [-0.2, -0.15) is 0 Å². The fraction of sp³-hybridized carbons (Fsp3) is 0.529. The van der Waals surface area contributed by atoms with Gasteiger partial charge in [0.05, 0.1) is 18.5 Å². The Morgan fingerprint density at radius 3 is 2.72 bits per heavy atom. The molecule has 1 aromatic heterocycles. The van der Waals surface area contributed by atoms with Crippen molar-refractivity contribution in [2.45, 2.75) is 25.4 Å². The van der Waals surface area contributed by atoms with Crippen LogP contribution < -0.4 is 9.64 Å². The Balaban J connectivity index is 1.83. The number of fused-ring (bicyclic) bond motifs is 1. The Bertz CT molecular complexity index is 861. The summed E-state index contributed by atoms with van der Waals surface area (Å²) in [6.45, 7) is 2.92. The van der Waals surface area contributed by atoms with Crippen molar-refractivity contribution in [1.82, 2.24) is 9.97 Å². The first kappa shape index (κ1) is 17.9. The standard InChI is InChI=1S/C17H24N4O3S/c1-3-25(18,23)11-17(22)7-9-21(10-8-17)16-13-5-4-6-14(24-2)15(13)19-12-20-16/h4-6,12,18,22H,3,7-11H2,1-2H3. The van der Waals surface area contributed by atoms with E-state index in [2.05, 4.69) is 14.9 Å². The Morgan fingerprint density at radius 2 is 2.08 bits per heavy atom. The van der Waals surface area contributed by atoms with E-state index in [1.54, 1.807) is 14.0 Å². The van der Waals surface area contributed by atoms with E-state index in [0.717, 1.165) is 16.7 Å². The number of methoxy groups -OCH3 is 1. The molecular formula is C17H24N4O3S. The third-order valence-electron chi connectivity index (χ3n) is 4.79. The Kier molecular flexibility index (Phi) is 4.83. The lowest BCUT2D eigenvalue weighted by Crippen LogP contribution is -2.48. The maximum Gasteiger partial charge on any atom is 0.145 e. The highest BCUT2D eigenvalue weighted by molar-refractivity contribution is 7.92. The molecule has 0 spiro atoms. The van der Waals surface area contributed by atoms with Gasteiger partial charge in [-0.15, -0.1) is 0 Å². The minimum Gasteiger partial charge on any atom is -0.494 e. The highest BCUT2D eigenvalue weighted by Crippen LogP contribution is 2.32. The summed E-state index contributed by atoms with van der Waals surface area (Å²) in [7, 11) is -1.10. The van der Waals surface area contributed by atoms with E-state index in [-0.39, 0.29) is 11.5 Å². The zero-order chi connectivity index (χ0) is 18.1. The van der Waals surface area contributed by atoms with Gasteiger partial charge in [0, 0.05) is 34.0 Å². The van der Waals surface area contributed by atoms with Gasteiger partial charge in [-0.1, -0.05) is 13.0 Å². The molecule has 1 aromatic carbocycles. The van der Waals surface area contributed by atoms with Crippen LogP contribution in [-0.2, 0) is 9.73 Å². The predicted octanol–water partition coefficient (Wildman–Crippen LogP) is 2.04. The summed E-state index contributed by atoms with van der Waals surface area (Å²) >= 11 is 0. The van der Waals surface area contributed by atoms with Gasteiger partial charge in [-0.3, -0.25) is 4.78 Å². The molecule has 2 N–H and O–H groups in total. The second-order valence-corrected chi connectivity index (χ2v) is 9.00. The number of aromatic nitrogens is 2. The molecule has 0 amide bonds. The van der Waals surface area contributed by atoms with E-state index < -0.39 is 15.3 Å². The van der Waals surface area contributed by atoms with Crippen molar-refractivity contribution in [1.29, 1.82) is 4.78 Å². The summed E-state index contributed by atoms with van der Waals surface area (Å²) in [6, 6.07) is 5.73. The number of ether oxygens (including phenoxy) is 1. The van der Waals surface area contributed by atoms with Gasteiger partial charge in [0.1, 0.15) is 23.4 Å². The zero-order valence-electron chi connectivity index (χ0n) is 14.6. The van der Waals surface area contributed by atoms with E-state index in [0.29, 0.717) is 31.7 Å². The van der Waals surface area contributed by atoms with Crippen LogP contribution in [0.1, 0.15) is 19.8 Å². The fourth-order valence-corrected chi connectivity index (χ4v) is 4.64. The molecule has 1 saturated heterocycles. The minimum absolute atomic E-state index is 0.0443. The third-order valence-corrected chi connectivity index (χ3v) is 6.72. The van der Waals surface area contributed by atoms with Crippen LogP contribution in [0.3, 0.4) is 0 Å². The molecule has 136 valence electrons. The minimum atomic E-state index is -2.71. The Morgan fingerprint density at radius 1 is 1.36 bits per heavy atom. The summed E-state index contributed by atoms with van der Waals surface area (Å²) in [5.74, 6) is 1.83. The predicted molar refractivity (Wildman–Crippen MR) is 98.8 cm³/mol. The molecule has 2 aromatic rings. The maximum atomic E-state index is 12.1. The summed E-state index contributed by atoms with van der Waals surface area (Å²) in [4.78, 5) is 10.9. The van der Waals surface area contributed by atoms with E-state index in [1.807, 2.05) is 18.2 Å². The number of hydrogen-bond acceptors (Lipinski definition) is 7. The van der Waals surface area contributed by atoms with E-state index >= 15 is 0 Å². The summed E-state index contributed by atoms with van der Waals surface area (Å²) in [5, 5.41) is 11.6. The molecule has 8 heteroatoms. The molecule has 3 rings (SSSR count). The number of piperidine rings is 1. The summed E-state index contributed by atoms with van der Waals surface area (Å²) in [5.41, 5.74) is -0.276. The van der Waals surface area contributed by atoms with Crippen molar-refractivity contribution in [3.05, 3.63) is 24.5 Å². The summed E-state index contributed by atoms with van der Waals surface area (Å²) in [6.07, 6.45) is 2.46. The Labute approximate surface area is 148 Å². The molecule has 1 atom stereocenters. The van der Waals surface area contributed by atoms with Crippen molar-refractivity contribution in [3.63, 3.8) is 0 Å². The highest BCUT2D eigenvalue weighted by atomic mass is 32.2. The van der Waals surface area contributed by atoms with Crippen LogP contribution in [0.25, 0.3) is 10.9 Å². The van der Waals surface area contributed by atoms with Crippen LogP contribution in [-0.4, -0.2) is 56.6 Å². The van der Waals surface area contributed by atoms with Gasteiger partial charge in [-0.05, 0) is 25.0 Å². The maximum absolute atomic E-state index is 12.1. The third kappa shape index (κ3) is 3.69. The monoisotopic (exact) mass is 364 g/mol. The van der Waals surface area contributed by atoms with Gasteiger partial charge in [0.15, 0.2) is 0 Å². The summed E-state index contributed by atoms with van der Waals surface area (Å²) < 4.78 is 25.3. The van der Waals surface area contributed by atoms with Crippen molar-refractivity contribution in [2.24, 2.45) is 0 Å². The molecule has 7 nitrogen and oxygen atoms in total. The molecule has 25 heavy (non-hydrogen) atoms. The van der Waals surface area contributed by atoms with Gasteiger partial charge >= 0.3 is 0 Å². The molecule has 0 bridgehead atoms. The van der Waals surface area contributed by atoms with Gasteiger partial charge in [0.2, 0.25) is 0 Å². The van der Waals surface area contributed by atoms with Crippen LogP contribution in [0.15, 0.2) is 24.5 Å². The highest BCUT2D eigenvalue weighted by Gasteiger charge is 2.35. The first-order valence-electron chi connectivity index (χ1n) is 8.37. The number of nitrogens with one attached hydrogen (secondary N) is 1. The average Bonchev–Trinajstić information content (AvgIpc) is 2.61. The van der Waals surface area contributed by atoms with Gasteiger partial charge in [0.25, 0.3) is 0 Å². The smallest absolute Gasteiger partial charge is 0.145 e. The second-order valence-electron chi connectivity index (χ2n) is 6.51. The first-order valence-corrected chi connectivity index (χ1v) is 10.3. The van der Waals surface area contributed by atoms with Gasteiger partial charge < -0.3 is 14.7 Å². The van der Waals surface area contributed by atoms with Crippen molar-refractivity contribution in [3.8, 4) is 5.75 Å². The topological polar surface area (TPSA) is 99.4 Å². The van der Waals surface area contributed by atoms with Crippen molar-refractivity contribution >= 4 is 26.4 Å². The van der Waals surface area contributed by atoms with E-state index in [9.17, 15) is 9.32 Å². The average molecular weight is 364 g/mol. The molecule has 0 radical (unpaired) electrons. The number of rotatable bonds is 5. The van der Waals surface area contributed by atoms with E-state index in [4.69, 9.17) is 9.52 Å². The molecule has 1 unspecified atom stereocenters. The van der Waals surface area contributed by atoms with Gasteiger partial charge in [-0.25, -0.2) is 14.2 Å². The number of hydrogen-bond donors (Lipinski definition) is 2. The number of para-hydroxylation sites is 1. The first-order chi connectivity index (χ1) is 11.9.